The van der Waals surface area contributed by atoms with Crippen molar-refractivity contribution in [2.75, 3.05) is 13.7 Å². The van der Waals surface area contributed by atoms with Crippen LogP contribution in [0.1, 0.15) is 12.8 Å². The van der Waals surface area contributed by atoms with Crippen LogP contribution in [0, 0.1) is 17.6 Å². The SMILES string of the molecule is CNC(COc1c(F)cccc1F)(C(=O)O)C1CC1. The largest absolute Gasteiger partial charge is 0.485 e. The number of carboxylic acids is 1. The fourth-order valence-electron chi connectivity index (χ4n) is 2.12. The van der Waals surface area contributed by atoms with E-state index in [0.29, 0.717) is 0 Å². The third-order valence-electron chi connectivity index (χ3n) is 3.47. The lowest BCUT2D eigenvalue weighted by molar-refractivity contribution is -0.147. The number of nitrogens with one attached hydrogen (secondary N) is 1. The van der Waals surface area contributed by atoms with E-state index >= 15 is 0 Å². The average molecular weight is 271 g/mol. The van der Waals surface area contributed by atoms with Gasteiger partial charge in [0.1, 0.15) is 6.61 Å². The molecule has 1 aromatic rings. The molecule has 1 fully saturated rings. The van der Waals surface area contributed by atoms with Crippen LogP contribution in [0.2, 0.25) is 0 Å². The average Bonchev–Trinajstić information content (AvgIpc) is 3.18. The first-order chi connectivity index (χ1) is 9.01. The van der Waals surface area contributed by atoms with E-state index < -0.39 is 28.9 Å². The zero-order chi connectivity index (χ0) is 14.0. The maximum atomic E-state index is 13.4. The van der Waals surface area contributed by atoms with E-state index in [1.807, 2.05) is 0 Å². The molecule has 6 heteroatoms. The van der Waals surface area contributed by atoms with Crippen LogP contribution in [-0.4, -0.2) is 30.3 Å². The highest BCUT2D eigenvalue weighted by molar-refractivity contribution is 5.80. The monoisotopic (exact) mass is 271 g/mol. The lowest BCUT2D eigenvalue weighted by Gasteiger charge is -2.29. The molecule has 104 valence electrons. The van der Waals surface area contributed by atoms with Crippen LogP contribution < -0.4 is 10.1 Å². The van der Waals surface area contributed by atoms with Crippen LogP contribution in [-0.2, 0) is 4.79 Å². The molecular weight excluding hydrogens is 256 g/mol. The van der Waals surface area contributed by atoms with E-state index in [4.69, 9.17) is 4.74 Å². The summed E-state index contributed by atoms with van der Waals surface area (Å²) in [6, 6.07) is 3.36. The van der Waals surface area contributed by atoms with Gasteiger partial charge in [0.25, 0.3) is 0 Å². The molecule has 1 saturated carbocycles. The lowest BCUT2D eigenvalue weighted by Crippen LogP contribution is -2.56. The smallest absolute Gasteiger partial charge is 0.327 e. The number of hydrogen-bond acceptors (Lipinski definition) is 3. The number of benzene rings is 1. The Bertz CT molecular complexity index is 471. The molecule has 0 radical (unpaired) electrons. The van der Waals surface area contributed by atoms with Gasteiger partial charge in [0.2, 0.25) is 0 Å². The topological polar surface area (TPSA) is 58.6 Å². The predicted octanol–water partition coefficient (Wildman–Crippen LogP) is 1.80. The van der Waals surface area contributed by atoms with Crippen molar-refractivity contribution in [3.05, 3.63) is 29.8 Å². The third kappa shape index (κ3) is 2.53. The molecule has 0 amide bonds. The molecule has 0 spiro atoms. The predicted molar refractivity (Wildman–Crippen MR) is 64.0 cm³/mol. The number of halogens is 2. The van der Waals surface area contributed by atoms with Gasteiger partial charge in [-0.1, -0.05) is 6.07 Å². The van der Waals surface area contributed by atoms with Crippen molar-refractivity contribution in [3.63, 3.8) is 0 Å². The number of carboxylic acid groups (broad SMARTS) is 1. The standard InChI is InChI=1S/C13H15F2NO3/c1-16-13(12(17)18,8-5-6-8)7-19-11-9(14)3-2-4-10(11)15/h2-4,8,16H,5-7H2,1H3,(H,17,18). The summed E-state index contributed by atoms with van der Waals surface area (Å²) < 4.78 is 31.9. The van der Waals surface area contributed by atoms with Crippen LogP contribution in [0.4, 0.5) is 8.78 Å². The van der Waals surface area contributed by atoms with Gasteiger partial charge < -0.3 is 15.2 Å². The number of ether oxygens (including phenoxy) is 1. The molecule has 2 rings (SSSR count). The molecule has 19 heavy (non-hydrogen) atoms. The lowest BCUT2D eigenvalue weighted by atomic mass is 9.94. The Kier molecular flexibility index (Phi) is 3.71. The Morgan fingerprint density at radius 2 is 2.05 bits per heavy atom. The van der Waals surface area contributed by atoms with E-state index in [1.165, 1.54) is 13.1 Å². The number of aliphatic carboxylic acids is 1. The Morgan fingerprint density at radius 1 is 1.47 bits per heavy atom. The van der Waals surface area contributed by atoms with E-state index in [9.17, 15) is 18.7 Å². The molecule has 1 unspecified atom stereocenters. The summed E-state index contributed by atoms with van der Waals surface area (Å²) in [7, 11) is 1.51. The van der Waals surface area contributed by atoms with E-state index in [-0.39, 0.29) is 12.5 Å². The second-order valence-electron chi connectivity index (χ2n) is 4.64. The van der Waals surface area contributed by atoms with Gasteiger partial charge in [0, 0.05) is 0 Å². The highest BCUT2D eigenvalue weighted by atomic mass is 19.1. The molecule has 1 aliphatic rings. The fourth-order valence-corrected chi connectivity index (χ4v) is 2.12. The van der Waals surface area contributed by atoms with Crippen LogP contribution in [0.3, 0.4) is 0 Å². The maximum Gasteiger partial charge on any atom is 0.327 e. The summed E-state index contributed by atoms with van der Waals surface area (Å²) in [5, 5.41) is 12.0. The van der Waals surface area contributed by atoms with E-state index in [2.05, 4.69) is 5.32 Å². The second kappa shape index (κ2) is 5.13. The summed E-state index contributed by atoms with van der Waals surface area (Å²) in [5.41, 5.74) is -1.30. The molecular formula is C13H15F2NO3. The number of para-hydroxylation sites is 1. The zero-order valence-corrected chi connectivity index (χ0v) is 10.5. The van der Waals surface area contributed by atoms with Gasteiger partial charge in [0.05, 0.1) is 0 Å². The minimum Gasteiger partial charge on any atom is -0.485 e. The van der Waals surface area contributed by atoms with Crippen molar-refractivity contribution in [1.29, 1.82) is 0 Å². The molecule has 1 aromatic carbocycles. The molecule has 1 aliphatic carbocycles. The van der Waals surface area contributed by atoms with Crippen molar-refractivity contribution in [2.24, 2.45) is 5.92 Å². The zero-order valence-electron chi connectivity index (χ0n) is 10.5. The van der Waals surface area contributed by atoms with Crippen LogP contribution in [0.25, 0.3) is 0 Å². The Labute approximate surface area is 109 Å². The van der Waals surface area contributed by atoms with E-state index in [0.717, 1.165) is 25.0 Å². The summed E-state index contributed by atoms with van der Waals surface area (Å²) in [6.45, 7) is -0.318. The molecule has 0 saturated heterocycles. The Hall–Kier alpha value is -1.69. The van der Waals surface area contributed by atoms with Crippen LogP contribution >= 0.6 is 0 Å². The maximum absolute atomic E-state index is 13.4. The van der Waals surface area contributed by atoms with Crippen LogP contribution in [0.5, 0.6) is 5.75 Å². The minimum atomic E-state index is -1.30. The van der Waals surface area contributed by atoms with Gasteiger partial charge in [-0.25, -0.2) is 8.78 Å². The summed E-state index contributed by atoms with van der Waals surface area (Å²) in [4.78, 5) is 11.4. The van der Waals surface area contributed by atoms with Gasteiger partial charge in [-0.05, 0) is 37.9 Å². The summed E-state index contributed by atoms with van der Waals surface area (Å²) in [5.74, 6) is -3.37. The molecule has 0 heterocycles. The highest BCUT2D eigenvalue weighted by Gasteiger charge is 2.51. The van der Waals surface area contributed by atoms with Crippen molar-refractivity contribution in [1.82, 2.24) is 5.32 Å². The Balaban J connectivity index is 2.17. The fraction of sp³-hybridized carbons (Fsp3) is 0.462. The van der Waals surface area contributed by atoms with Crippen molar-refractivity contribution in [3.8, 4) is 5.75 Å². The van der Waals surface area contributed by atoms with Gasteiger partial charge in [0.15, 0.2) is 22.9 Å². The highest BCUT2D eigenvalue weighted by Crippen LogP contribution is 2.40. The summed E-state index contributed by atoms with van der Waals surface area (Å²) in [6.07, 6.45) is 1.52. The first kappa shape index (κ1) is 13.7. The first-order valence-electron chi connectivity index (χ1n) is 6.00. The van der Waals surface area contributed by atoms with Crippen molar-refractivity contribution >= 4 is 5.97 Å². The van der Waals surface area contributed by atoms with Crippen LogP contribution in [0.15, 0.2) is 18.2 Å². The Morgan fingerprint density at radius 3 is 2.47 bits per heavy atom. The first-order valence-corrected chi connectivity index (χ1v) is 6.00. The normalized spacial score (nSPS) is 17.8. The molecule has 0 bridgehead atoms. The summed E-state index contributed by atoms with van der Waals surface area (Å²) >= 11 is 0. The van der Waals surface area contributed by atoms with Gasteiger partial charge in [-0.2, -0.15) is 0 Å². The number of rotatable bonds is 6. The quantitative estimate of drug-likeness (QED) is 0.828. The third-order valence-corrected chi connectivity index (χ3v) is 3.47. The minimum absolute atomic E-state index is 0.0789. The van der Waals surface area contributed by atoms with Crippen molar-refractivity contribution in [2.45, 2.75) is 18.4 Å². The second-order valence-corrected chi connectivity index (χ2v) is 4.64. The number of carbonyl (C=O) groups is 1. The molecule has 0 aliphatic heterocycles. The molecule has 1 atom stereocenters. The number of hydrogen-bond donors (Lipinski definition) is 2. The molecule has 0 aromatic heterocycles. The van der Waals surface area contributed by atoms with E-state index in [1.54, 1.807) is 0 Å². The molecule has 2 N–H and O–H groups in total. The van der Waals surface area contributed by atoms with Crippen molar-refractivity contribution < 1.29 is 23.4 Å². The molecule has 4 nitrogen and oxygen atoms in total. The van der Waals surface area contributed by atoms with Gasteiger partial charge in [-0.15, -0.1) is 0 Å². The van der Waals surface area contributed by atoms with Gasteiger partial charge in [-0.3, -0.25) is 4.79 Å². The number of likely N-dealkylation sites (N-methyl/N-ethyl adjacent to an activating group) is 1. The van der Waals surface area contributed by atoms with Gasteiger partial charge >= 0.3 is 5.97 Å².